The van der Waals surface area contributed by atoms with Crippen LogP contribution >= 0.6 is 11.3 Å². The third-order valence-electron chi connectivity index (χ3n) is 4.66. The fraction of sp³-hybridized carbons (Fsp3) is 0.200. The van der Waals surface area contributed by atoms with Gasteiger partial charge in [-0.3, -0.25) is 4.98 Å². The van der Waals surface area contributed by atoms with Crippen LogP contribution in [0.4, 0.5) is 0 Å². The number of pyridine rings is 2. The molecule has 0 radical (unpaired) electrons. The number of thiazole rings is 1. The van der Waals surface area contributed by atoms with Gasteiger partial charge in [-0.25, -0.2) is 9.97 Å². The number of fused-ring (bicyclic) bond motifs is 1. The maximum Gasteiger partial charge on any atom is 0.230 e. The zero-order chi connectivity index (χ0) is 18.3. The summed E-state index contributed by atoms with van der Waals surface area (Å²) in [5.41, 5.74) is 8.26. The smallest absolute Gasteiger partial charge is 0.230 e. The Kier molecular flexibility index (Phi) is 4.02. The quantitative estimate of drug-likeness (QED) is 0.737. The van der Waals surface area contributed by atoms with E-state index in [4.69, 9.17) is 0 Å². The van der Waals surface area contributed by atoms with Crippen molar-refractivity contribution in [3.63, 3.8) is 0 Å². The lowest BCUT2D eigenvalue weighted by atomic mass is 9.87. The molecule has 0 saturated heterocycles. The molecule has 1 aliphatic carbocycles. The molecule has 0 fully saturated rings. The second kappa shape index (κ2) is 6.36. The van der Waals surface area contributed by atoms with Gasteiger partial charge in [0.15, 0.2) is 0 Å². The summed E-state index contributed by atoms with van der Waals surface area (Å²) < 4.78 is 0. The Balaban J connectivity index is 1.97. The Morgan fingerprint density at radius 2 is 2.08 bits per heavy atom. The minimum absolute atomic E-state index is 0.191. The molecule has 128 valence electrons. The lowest BCUT2D eigenvalue weighted by molar-refractivity contribution is 0.451. The second-order valence-electron chi connectivity index (χ2n) is 6.27. The first-order valence-electron chi connectivity index (χ1n) is 8.29. The molecule has 3 aromatic heterocycles. The number of aryl methyl sites for hydroxylation is 2. The predicted molar refractivity (Wildman–Crippen MR) is 102 cm³/mol. The van der Waals surface area contributed by atoms with Crippen LogP contribution < -0.4 is 0 Å². The van der Waals surface area contributed by atoms with Gasteiger partial charge in [-0.05, 0) is 55.5 Å². The van der Waals surface area contributed by atoms with Crippen molar-refractivity contribution in [1.82, 2.24) is 15.0 Å². The largest absolute Gasteiger partial charge is 0.492 e. The molecular formula is C20H16N4OS. The molecular weight excluding hydrogens is 344 g/mol. The van der Waals surface area contributed by atoms with Gasteiger partial charge in [-0.15, -0.1) is 11.3 Å². The fourth-order valence-electron chi connectivity index (χ4n) is 3.40. The Hall–Kier alpha value is -3.04. The molecule has 0 aromatic carbocycles. The molecule has 4 rings (SSSR count). The van der Waals surface area contributed by atoms with Crippen molar-refractivity contribution >= 4 is 23.0 Å². The van der Waals surface area contributed by atoms with Crippen molar-refractivity contribution in [3.05, 3.63) is 56.8 Å². The number of hydrogen-bond donors (Lipinski definition) is 1. The third kappa shape index (κ3) is 2.57. The van der Waals surface area contributed by atoms with Gasteiger partial charge < -0.3 is 5.11 Å². The average molecular weight is 360 g/mol. The molecule has 0 atom stereocenters. The van der Waals surface area contributed by atoms with E-state index >= 15 is 0 Å². The van der Waals surface area contributed by atoms with Crippen molar-refractivity contribution in [3.8, 4) is 23.2 Å². The van der Waals surface area contributed by atoms with Crippen molar-refractivity contribution in [2.45, 2.75) is 26.7 Å². The molecule has 6 heteroatoms. The SMILES string of the molecule is Cc1cccnc1-c1c(C#N)c(O)nc2c1CCC(c1scnc1C)=C2. The second-order valence-corrected chi connectivity index (χ2v) is 7.12. The highest BCUT2D eigenvalue weighted by atomic mass is 32.1. The normalized spacial score (nSPS) is 13.0. The third-order valence-corrected chi connectivity index (χ3v) is 5.67. The van der Waals surface area contributed by atoms with E-state index in [1.807, 2.05) is 37.6 Å². The summed E-state index contributed by atoms with van der Waals surface area (Å²) in [5, 5.41) is 20.0. The maximum absolute atomic E-state index is 10.4. The molecule has 0 unspecified atom stereocenters. The molecule has 3 aromatic rings. The zero-order valence-electron chi connectivity index (χ0n) is 14.4. The number of nitriles is 1. The number of aromatic nitrogens is 3. The standard InChI is InChI=1S/C20H16N4OS/c1-11-4-3-7-22-18(11)17-14-6-5-13(19-12(2)23-10-26-19)8-16(14)24-20(25)15(17)9-21/h3-4,7-8,10H,5-6H2,1-2H3,(H,24,25). The van der Waals surface area contributed by atoms with Crippen LogP contribution in [0.15, 0.2) is 23.8 Å². The van der Waals surface area contributed by atoms with Crippen LogP contribution in [-0.4, -0.2) is 20.1 Å². The van der Waals surface area contributed by atoms with Gasteiger partial charge in [0, 0.05) is 11.8 Å². The number of allylic oxidation sites excluding steroid dienone is 1. The number of aromatic hydroxyl groups is 1. The zero-order valence-corrected chi connectivity index (χ0v) is 15.3. The molecule has 1 N–H and O–H groups in total. The molecule has 0 bridgehead atoms. The van der Waals surface area contributed by atoms with Crippen molar-refractivity contribution in [2.24, 2.45) is 0 Å². The summed E-state index contributed by atoms with van der Waals surface area (Å²) in [6.45, 7) is 3.95. The van der Waals surface area contributed by atoms with E-state index in [9.17, 15) is 10.4 Å². The first-order valence-corrected chi connectivity index (χ1v) is 9.17. The Morgan fingerprint density at radius 3 is 2.77 bits per heavy atom. The van der Waals surface area contributed by atoms with Crippen LogP contribution in [0.1, 0.15) is 39.4 Å². The van der Waals surface area contributed by atoms with E-state index in [1.165, 1.54) is 0 Å². The monoisotopic (exact) mass is 360 g/mol. The first-order chi connectivity index (χ1) is 12.6. The van der Waals surface area contributed by atoms with Crippen LogP contribution in [0.3, 0.4) is 0 Å². The van der Waals surface area contributed by atoms with Gasteiger partial charge in [0.05, 0.1) is 27.5 Å². The first kappa shape index (κ1) is 16.4. The highest BCUT2D eigenvalue weighted by Crippen LogP contribution is 2.40. The lowest BCUT2D eigenvalue weighted by Crippen LogP contribution is -2.07. The van der Waals surface area contributed by atoms with E-state index in [-0.39, 0.29) is 11.4 Å². The molecule has 0 amide bonds. The minimum atomic E-state index is -0.246. The minimum Gasteiger partial charge on any atom is -0.492 e. The van der Waals surface area contributed by atoms with Crippen molar-refractivity contribution in [2.75, 3.05) is 0 Å². The van der Waals surface area contributed by atoms with E-state index in [2.05, 4.69) is 21.0 Å². The molecule has 5 nitrogen and oxygen atoms in total. The summed E-state index contributed by atoms with van der Waals surface area (Å²) in [4.78, 5) is 14.2. The fourth-order valence-corrected chi connectivity index (χ4v) is 4.25. The summed E-state index contributed by atoms with van der Waals surface area (Å²) in [6.07, 6.45) is 5.29. The van der Waals surface area contributed by atoms with Crippen LogP contribution in [0, 0.1) is 25.2 Å². The van der Waals surface area contributed by atoms with Gasteiger partial charge in [-0.1, -0.05) is 6.07 Å². The molecule has 0 aliphatic heterocycles. The molecule has 26 heavy (non-hydrogen) atoms. The van der Waals surface area contributed by atoms with E-state index in [1.54, 1.807) is 17.5 Å². The predicted octanol–water partition coefficient (Wildman–Crippen LogP) is 4.28. The van der Waals surface area contributed by atoms with Crippen molar-refractivity contribution in [1.29, 1.82) is 5.26 Å². The van der Waals surface area contributed by atoms with Crippen LogP contribution in [0.2, 0.25) is 0 Å². The van der Waals surface area contributed by atoms with Gasteiger partial charge >= 0.3 is 0 Å². The molecule has 1 aliphatic rings. The summed E-state index contributed by atoms with van der Waals surface area (Å²) >= 11 is 1.61. The van der Waals surface area contributed by atoms with Gasteiger partial charge in [0.1, 0.15) is 11.6 Å². The number of hydrogen-bond acceptors (Lipinski definition) is 6. The lowest BCUT2D eigenvalue weighted by Gasteiger charge is -2.20. The van der Waals surface area contributed by atoms with Crippen LogP contribution in [-0.2, 0) is 6.42 Å². The topological polar surface area (TPSA) is 82.7 Å². The van der Waals surface area contributed by atoms with Gasteiger partial charge in [-0.2, -0.15) is 5.26 Å². The number of rotatable bonds is 2. The Morgan fingerprint density at radius 1 is 1.23 bits per heavy atom. The number of nitrogens with zero attached hydrogens (tertiary/aromatic N) is 4. The maximum atomic E-state index is 10.4. The van der Waals surface area contributed by atoms with Crippen molar-refractivity contribution < 1.29 is 5.11 Å². The molecule has 3 heterocycles. The highest BCUT2D eigenvalue weighted by molar-refractivity contribution is 7.11. The Bertz CT molecular complexity index is 1090. The van der Waals surface area contributed by atoms with Crippen LogP contribution in [0.25, 0.3) is 22.9 Å². The van der Waals surface area contributed by atoms with Gasteiger partial charge in [0.2, 0.25) is 5.88 Å². The molecule has 0 saturated carbocycles. The van der Waals surface area contributed by atoms with E-state index in [0.717, 1.165) is 45.8 Å². The highest BCUT2D eigenvalue weighted by Gasteiger charge is 2.25. The summed E-state index contributed by atoms with van der Waals surface area (Å²) in [6, 6.07) is 5.93. The van der Waals surface area contributed by atoms with Crippen LogP contribution in [0.5, 0.6) is 5.88 Å². The van der Waals surface area contributed by atoms with Gasteiger partial charge in [0.25, 0.3) is 0 Å². The van der Waals surface area contributed by atoms with E-state index in [0.29, 0.717) is 11.3 Å². The average Bonchev–Trinajstić information content (AvgIpc) is 3.06. The Labute approximate surface area is 155 Å². The van der Waals surface area contributed by atoms with E-state index < -0.39 is 0 Å². The summed E-state index contributed by atoms with van der Waals surface area (Å²) in [5.74, 6) is -0.246. The summed E-state index contributed by atoms with van der Waals surface area (Å²) in [7, 11) is 0. The molecule has 0 spiro atoms.